The minimum atomic E-state index is -0.346. The number of likely N-dealkylation sites (N-methyl/N-ethyl adjacent to an activating group) is 1. The molecule has 0 amide bonds. The monoisotopic (exact) mass is 276 g/mol. The quantitative estimate of drug-likeness (QED) is 0.887. The van der Waals surface area contributed by atoms with Crippen LogP contribution in [-0.2, 0) is 11.2 Å². The Bertz CT molecular complexity index is 446. The molecule has 0 aromatic heterocycles. The number of hydrogen-bond donors (Lipinski definition) is 1. The topological polar surface area (TPSA) is 35.9 Å². The van der Waals surface area contributed by atoms with E-state index < -0.39 is 0 Å². The summed E-state index contributed by atoms with van der Waals surface area (Å²) in [6.45, 7) is 5.81. The highest BCUT2D eigenvalue weighted by atomic mass is 16.5. The molecule has 1 aliphatic heterocycles. The van der Waals surface area contributed by atoms with Crippen LogP contribution in [0.1, 0.15) is 17.2 Å². The van der Waals surface area contributed by atoms with E-state index in [4.69, 9.17) is 4.74 Å². The predicted octanol–water partition coefficient (Wildman–Crippen LogP) is 0.909. The van der Waals surface area contributed by atoms with Gasteiger partial charge in [0.2, 0.25) is 0 Å². The van der Waals surface area contributed by atoms with E-state index in [0.29, 0.717) is 0 Å². The van der Waals surface area contributed by atoms with Crippen LogP contribution in [0.4, 0.5) is 0 Å². The maximum Gasteiger partial charge on any atom is 0.0950 e. The number of hydrogen-bond acceptors (Lipinski definition) is 4. The molecule has 1 aromatic carbocycles. The zero-order valence-corrected chi connectivity index (χ0v) is 12.2. The summed E-state index contributed by atoms with van der Waals surface area (Å²) in [6, 6.07) is 8.47. The summed E-state index contributed by atoms with van der Waals surface area (Å²) in [4.78, 5) is 4.74. The van der Waals surface area contributed by atoms with Gasteiger partial charge in [0, 0.05) is 32.2 Å². The Morgan fingerprint density at radius 1 is 1.30 bits per heavy atom. The number of aliphatic hydroxyl groups excluding tert-OH is 1. The molecule has 110 valence electrons. The van der Waals surface area contributed by atoms with Crippen molar-refractivity contribution in [2.75, 3.05) is 46.4 Å². The van der Waals surface area contributed by atoms with E-state index in [0.717, 1.165) is 51.4 Å². The summed E-state index contributed by atoms with van der Waals surface area (Å²) >= 11 is 0. The van der Waals surface area contributed by atoms with Gasteiger partial charge in [0.05, 0.1) is 19.3 Å². The zero-order valence-electron chi connectivity index (χ0n) is 12.2. The predicted molar refractivity (Wildman–Crippen MR) is 78.8 cm³/mol. The summed E-state index contributed by atoms with van der Waals surface area (Å²) in [5.74, 6) is 0. The smallest absolute Gasteiger partial charge is 0.0950 e. The molecule has 1 saturated heterocycles. The van der Waals surface area contributed by atoms with Crippen LogP contribution >= 0.6 is 0 Å². The molecule has 0 radical (unpaired) electrons. The average molecular weight is 276 g/mol. The van der Waals surface area contributed by atoms with Gasteiger partial charge in [-0.05, 0) is 24.6 Å². The van der Waals surface area contributed by atoms with E-state index in [1.165, 1.54) is 5.56 Å². The van der Waals surface area contributed by atoms with Crippen molar-refractivity contribution in [1.82, 2.24) is 9.80 Å². The highest BCUT2D eigenvalue weighted by molar-refractivity contribution is 5.35. The lowest BCUT2D eigenvalue weighted by Gasteiger charge is -2.32. The van der Waals surface area contributed by atoms with Crippen LogP contribution in [-0.4, -0.2) is 67.4 Å². The Balaban J connectivity index is 1.54. The first-order valence-corrected chi connectivity index (χ1v) is 7.52. The van der Waals surface area contributed by atoms with Crippen molar-refractivity contribution in [3.05, 3.63) is 35.4 Å². The molecule has 20 heavy (non-hydrogen) atoms. The van der Waals surface area contributed by atoms with Crippen LogP contribution < -0.4 is 0 Å². The lowest BCUT2D eigenvalue weighted by Crippen LogP contribution is -2.44. The minimum absolute atomic E-state index is 0.216. The Labute approximate surface area is 120 Å². The van der Waals surface area contributed by atoms with Crippen LogP contribution in [0.5, 0.6) is 0 Å². The summed E-state index contributed by atoms with van der Waals surface area (Å²) in [5, 5.41) is 10.5. The molecule has 2 unspecified atom stereocenters. The average Bonchev–Trinajstić information content (AvgIpc) is 2.84. The standard InChI is InChI=1S/C16H24N2O2/c1-17(6-7-18-8-10-20-11-9-18)15-12-13-4-2-3-5-14(13)16(15)19/h2-5,15-16,19H,6-12H2,1H3. The van der Waals surface area contributed by atoms with E-state index in [1.807, 2.05) is 6.07 Å². The third kappa shape index (κ3) is 2.88. The van der Waals surface area contributed by atoms with E-state index >= 15 is 0 Å². The fourth-order valence-electron chi connectivity index (χ4n) is 3.24. The molecule has 2 atom stereocenters. The number of rotatable bonds is 4. The van der Waals surface area contributed by atoms with Gasteiger partial charge in [-0.25, -0.2) is 0 Å². The lowest BCUT2D eigenvalue weighted by atomic mass is 10.1. The highest BCUT2D eigenvalue weighted by Gasteiger charge is 2.33. The zero-order chi connectivity index (χ0) is 13.9. The number of ether oxygens (including phenoxy) is 1. The first-order chi connectivity index (χ1) is 9.75. The fraction of sp³-hybridized carbons (Fsp3) is 0.625. The van der Waals surface area contributed by atoms with Crippen molar-refractivity contribution < 1.29 is 9.84 Å². The van der Waals surface area contributed by atoms with Crippen molar-refractivity contribution in [3.63, 3.8) is 0 Å². The van der Waals surface area contributed by atoms with E-state index in [-0.39, 0.29) is 12.1 Å². The molecule has 1 fully saturated rings. The van der Waals surface area contributed by atoms with Crippen molar-refractivity contribution >= 4 is 0 Å². The third-order valence-corrected chi connectivity index (χ3v) is 4.61. The Kier molecular flexibility index (Phi) is 4.36. The Morgan fingerprint density at radius 3 is 2.80 bits per heavy atom. The summed E-state index contributed by atoms with van der Waals surface area (Å²) in [5.41, 5.74) is 2.40. The SMILES string of the molecule is CN(CCN1CCOCC1)C1Cc2ccccc2C1O. The van der Waals surface area contributed by atoms with Crippen LogP contribution in [0, 0.1) is 0 Å². The summed E-state index contributed by atoms with van der Waals surface area (Å²) in [6.07, 6.45) is 0.609. The van der Waals surface area contributed by atoms with Crippen molar-refractivity contribution in [2.45, 2.75) is 18.6 Å². The van der Waals surface area contributed by atoms with Crippen molar-refractivity contribution in [2.24, 2.45) is 0 Å². The molecule has 0 spiro atoms. The molecule has 4 heteroatoms. The second-order valence-electron chi connectivity index (χ2n) is 5.85. The third-order valence-electron chi connectivity index (χ3n) is 4.61. The number of benzene rings is 1. The summed E-state index contributed by atoms with van der Waals surface area (Å²) in [7, 11) is 2.13. The second-order valence-corrected chi connectivity index (χ2v) is 5.85. The normalized spacial score (nSPS) is 26.9. The molecule has 1 aromatic rings. The molecule has 1 N–H and O–H groups in total. The van der Waals surface area contributed by atoms with E-state index in [2.05, 4.69) is 35.0 Å². The summed E-state index contributed by atoms with van der Waals surface area (Å²) < 4.78 is 5.37. The van der Waals surface area contributed by atoms with Gasteiger partial charge in [-0.15, -0.1) is 0 Å². The Hall–Kier alpha value is -0.940. The Morgan fingerprint density at radius 2 is 2.05 bits per heavy atom. The second kappa shape index (κ2) is 6.22. The molecule has 1 heterocycles. The molecule has 4 nitrogen and oxygen atoms in total. The molecule has 2 aliphatic rings. The molecule has 3 rings (SSSR count). The van der Waals surface area contributed by atoms with Gasteiger partial charge in [-0.1, -0.05) is 24.3 Å². The van der Waals surface area contributed by atoms with Gasteiger partial charge in [0.1, 0.15) is 0 Å². The highest BCUT2D eigenvalue weighted by Crippen LogP contribution is 2.33. The van der Waals surface area contributed by atoms with Gasteiger partial charge >= 0.3 is 0 Å². The van der Waals surface area contributed by atoms with Gasteiger partial charge in [-0.3, -0.25) is 9.80 Å². The van der Waals surface area contributed by atoms with Gasteiger partial charge < -0.3 is 9.84 Å². The first-order valence-electron chi connectivity index (χ1n) is 7.52. The van der Waals surface area contributed by atoms with Crippen LogP contribution in [0.3, 0.4) is 0 Å². The molecular formula is C16H24N2O2. The van der Waals surface area contributed by atoms with E-state index in [1.54, 1.807) is 0 Å². The van der Waals surface area contributed by atoms with E-state index in [9.17, 15) is 5.11 Å². The van der Waals surface area contributed by atoms with Gasteiger partial charge in [0.25, 0.3) is 0 Å². The number of nitrogens with zero attached hydrogens (tertiary/aromatic N) is 2. The lowest BCUT2D eigenvalue weighted by molar-refractivity contribution is 0.0251. The molecule has 0 bridgehead atoms. The maximum atomic E-state index is 10.5. The molecule has 0 saturated carbocycles. The molecular weight excluding hydrogens is 252 g/mol. The minimum Gasteiger partial charge on any atom is -0.387 e. The van der Waals surface area contributed by atoms with Crippen molar-refractivity contribution in [1.29, 1.82) is 0 Å². The van der Waals surface area contributed by atoms with Crippen LogP contribution in [0.2, 0.25) is 0 Å². The molecule has 1 aliphatic carbocycles. The maximum absolute atomic E-state index is 10.5. The largest absolute Gasteiger partial charge is 0.387 e. The van der Waals surface area contributed by atoms with Crippen LogP contribution in [0.15, 0.2) is 24.3 Å². The van der Waals surface area contributed by atoms with Gasteiger partial charge in [-0.2, -0.15) is 0 Å². The fourth-order valence-corrected chi connectivity index (χ4v) is 3.24. The van der Waals surface area contributed by atoms with Gasteiger partial charge in [0.15, 0.2) is 0 Å². The number of fused-ring (bicyclic) bond motifs is 1. The van der Waals surface area contributed by atoms with Crippen molar-refractivity contribution in [3.8, 4) is 0 Å². The van der Waals surface area contributed by atoms with Crippen LogP contribution in [0.25, 0.3) is 0 Å². The number of morpholine rings is 1. The first kappa shape index (κ1) is 14.0. The number of aliphatic hydroxyl groups is 1.